The van der Waals surface area contributed by atoms with E-state index in [-0.39, 0.29) is 5.97 Å². The summed E-state index contributed by atoms with van der Waals surface area (Å²) in [7, 11) is 0. The normalized spacial score (nSPS) is 14.9. The largest absolute Gasteiger partial charge is 0.466 e. The molecule has 0 unspecified atom stereocenters. The average molecular weight is 247 g/mol. The molecule has 0 aromatic rings. The Kier molecular flexibility index (Phi) is 17.0. The minimum Gasteiger partial charge on any atom is -0.466 e. The molecule has 0 bridgehead atoms. The van der Waals surface area contributed by atoms with Gasteiger partial charge in [0.2, 0.25) is 0 Å². The van der Waals surface area contributed by atoms with Gasteiger partial charge < -0.3 is 9.47 Å². The standard InChI is InChI=1S/C9H17NO3.2C2H6/c1-9(11)13-6-2-3-10-4-7-12-8-5-10;2*1-2/h2-8H2,1H3;2*1-2H3. The third-order valence-electron chi connectivity index (χ3n) is 2.03. The van der Waals surface area contributed by atoms with E-state index in [9.17, 15) is 4.79 Å². The van der Waals surface area contributed by atoms with Crippen LogP contribution in [-0.4, -0.2) is 50.3 Å². The number of hydrogen-bond acceptors (Lipinski definition) is 4. The lowest BCUT2D eigenvalue weighted by Crippen LogP contribution is -2.37. The van der Waals surface area contributed by atoms with Crippen LogP contribution in [0.1, 0.15) is 41.0 Å². The smallest absolute Gasteiger partial charge is 0.302 e. The summed E-state index contributed by atoms with van der Waals surface area (Å²) in [4.78, 5) is 12.8. The molecule has 0 atom stereocenters. The van der Waals surface area contributed by atoms with E-state index in [1.165, 1.54) is 6.92 Å². The van der Waals surface area contributed by atoms with Crippen molar-refractivity contribution in [1.82, 2.24) is 4.90 Å². The van der Waals surface area contributed by atoms with Crippen LogP contribution in [0.3, 0.4) is 0 Å². The van der Waals surface area contributed by atoms with Crippen LogP contribution in [0.25, 0.3) is 0 Å². The number of esters is 1. The van der Waals surface area contributed by atoms with Crippen LogP contribution in [-0.2, 0) is 14.3 Å². The highest BCUT2D eigenvalue weighted by molar-refractivity contribution is 5.65. The summed E-state index contributed by atoms with van der Waals surface area (Å²) in [5.74, 6) is -0.193. The topological polar surface area (TPSA) is 38.8 Å². The van der Waals surface area contributed by atoms with E-state index in [0.29, 0.717) is 6.61 Å². The molecule has 4 nitrogen and oxygen atoms in total. The Labute approximate surface area is 106 Å². The molecule has 1 aliphatic heterocycles. The molecule has 17 heavy (non-hydrogen) atoms. The van der Waals surface area contributed by atoms with Gasteiger partial charge in [-0.05, 0) is 6.42 Å². The van der Waals surface area contributed by atoms with Gasteiger partial charge in [-0.2, -0.15) is 0 Å². The lowest BCUT2D eigenvalue weighted by atomic mass is 10.3. The zero-order valence-corrected chi connectivity index (χ0v) is 12.1. The molecule has 0 amide bonds. The van der Waals surface area contributed by atoms with Gasteiger partial charge in [-0.3, -0.25) is 9.69 Å². The zero-order valence-electron chi connectivity index (χ0n) is 12.1. The van der Waals surface area contributed by atoms with Crippen LogP contribution in [0.15, 0.2) is 0 Å². The molecule has 1 aliphatic rings. The lowest BCUT2D eigenvalue weighted by Gasteiger charge is -2.26. The molecule has 0 radical (unpaired) electrons. The van der Waals surface area contributed by atoms with Crippen LogP contribution in [0.5, 0.6) is 0 Å². The highest BCUT2D eigenvalue weighted by Gasteiger charge is 2.09. The Balaban J connectivity index is 0. The molecule has 0 aromatic heterocycles. The lowest BCUT2D eigenvalue weighted by molar-refractivity contribution is -0.141. The first kappa shape index (κ1) is 18.7. The number of carbonyl (C=O) groups is 1. The number of hydrogen-bond donors (Lipinski definition) is 0. The average Bonchev–Trinajstić information content (AvgIpc) is 2.40. The van der Waals surface area contributed by atoms with Crippen molar-refractivity contribution in [3.63, 3.8) is 0 Å². The minimum atomic E-state index is -0.193. The van der Waals surface area contributed by atoms with Gasteiger partial charge in [0.1, 0.15) is 0 Å². The first-order chi connectivity index (χ1) is 8.29. The third-order valence-corrected chi connectivity index (χ3v) is 2.03. The predicted molar refractivity (Wildman–Crippen MR) is 71.2 cm³/mol. The molecule has 1 rings (SSSR count). The summed E-state index contributed by atoms with van der Waals surface area (Å²) in [5.41, 5.74) is 0. The molecule has 0 aromatic carbocycles. The zero-order chi connectivity index (χ0) is 13.5. The van der Waals surface area contributed by atoms with Crippen molar-refractivity contribution >= 4 is 5.97 Å². The van der Waals surface area contributed by atoms with Crippen molar-refractivity contribution < 1.29 is 14.3 Å². The summed E-state index contributed by atoms with van der Waals surface area (Å²) in [6.07, 6.45) is 0.916. The summed E-state index contributed by atoms with van der Waals surface area (Å²) >= 11 is 0. The molecule has 4 heteroatoms. The minimum absolute atomic E-state index is 0.193. The first-order valence-corrected chi connectivity index (χ1v) is 6.72. The molecule has 1 heterocycles. The third kappa shape index (κ3) is 13.3. The van der Waals surface area contributed by atoms with Gasteiger partial charge in [-0.15, -0.1) is 0 Å². The van der Waals surface area contributed by atoms with Crippen molar-refractivity contribution in [2.24, 2.45) is 0 Å². The second-order valence-electron chi connectivity index (χ2n) is 3.15. The highest BCUT2D eigenvalue weighted by Crippen LogP contribution is 1.97. The summed E-state index contributed by atoms with van der Waals surface area (Å²) in [5, 5.41) is 0. The van der Waals surface area contributed by atoms with Crippen LogP contribution in [0.2, 0.25) is 0 Å². The highest BCUT2D eigenvalue weighted by atomic mass is 16.5. The number of rotatable bonds is 4. The van der Waals surface area contributed by atoms with E-state index in [4.69, 9.17) is 9.47 Å². The molecule has 0 N–H and O–H groups in total. The van der Waals surface area contributed by atoms with Crippen molar-refractivity contribution in [2.75, 3.05) is 39.5 Å². The Bertz CT molecular complexity index is 157. The maximum Gasteiger partial charge on any atom is 0.302 e. The summed E-state index contributed by atoms with van der Waals surface area (Å²) < 4.78 is 10.1. The van der Waals surface area contributed by atoms with Gasteiger partial charge in [0.25, 0.3) is 0 Å². The fraction of sp³-hybridized carbons (Fsp3) is 0.923. The first-order valence-electron chi connectivity index (χ1n) is 6.72. The monoisotopic (exact) mass is 247 g/mol. The summed E-state index contributed by atoms with van der Waals surface area (Å²) in [6, 6.07) is 0. The Morgan fingerprint density at radius 2 is 1.71 bits per heavy atom. The number of ether oxygens (including phenoxy) is 2. The molecule has 1 fully saturated rings. The SMILES string of the molecule is CC.CC.CC(=O)OCCCN1CCOCC1. The number of carbonyl (C=O) groups excluding carboxylic acids is 1. The Morgan fingerprint density at radius 1 is 1.18 bits per heavy atom. The number of nitrogens with zero attached hydrogens (tertiary/aromatic N) is 1. The van der Waals surface area contributed by atoms with E-state index in [0.717, 1.165) is 39.3 Å². The van der Waals surface area contributed by atoms with E-state index in [1.54, 1.807) is 0 Å². The molecule has 0 saturated carbocycles. The molecule has 0 spiro atoms. The van der Waals surface area contributed by atoms with Crippen molar-refractivity contribution in [2.45, 2.75) is 41.0 Å². The van der Waals surface area contributed by atoms with Crippen LogP contribution in [0.4, 0.5) is 0 Å². The molecule has 104 valence electrons. The van der Waals surface area contributed by atoms with E-state index in [1.807, 2.05) is 27.7 Å². The van der Waals surface area contributed by atoms with E-state index >= 15 is 0 Å². The fourth-order valence-electron chi connectivity index (χ4n) is 1.33. The quantitative estimate of drug-likeness (QED) is 0.564. The van der Waals surface area contributed by atoms with Gasteiger partial charge in [0.05, 0.1) is 19.8 Å². The van der Waals surface area contributed by atoms with Gasteiger partial charge in [0, 0.05) is 26.6 Å². The fourth-order valence-corrected chi connectivity index (χ4v) is 1.33. The van der Waals surface area contributed by atoms with Crippen molar-refractivity contribution in [1.29, 1.82) is 0 Å². The molecular formula is C13H29NO3. The number of morpholine rings is 1. The van der Waals surface area contributed by atoms with E-state index < -0.39 is 0 Å². The van der Waals surface area contributed by atoms with Gasteiger partial charge in [-0.25, -0.2) is 0 Å². The second kappa shape index (κ2) is 15.4. The Hall–Kier alpha value is -0.610. The molecule has 0 aliphatic carbocycles. The predicted octanol–water partition coefficient (Wildman–Crippen LogP) is 2.32. The summed E-state index contributed by atoms with van der Waals surface area (Å²) in [6.45, 7) is 14.6. The molecular weight excluding hydrogens is 218 g/mol. The second-order valence-corrected chi connectivity index (χ2v) is 3.15. The van der Waals surface area contributed by atoms with Crippen molar-refractivity contribution in [3.8, 4) is 0 Å². The van der Waals surface area contributed by atoms with Crippen LogP contribution in [0, 0.1) is 0 Å². The van der Waals surface area contributed by atoms with Gasteiger partial charge in [-0.1, -0.05) is 27.7 Å². The van der Waals surface area contributed by atoms with E-state index in [2.05, 4.69) is 4.90 Å². The molecule has 1 saturated heterocycles. The van der Waals surface area contributed by atoms with Crippen LogP contribution >= 0.6 is 0 Å². The van der Waals surface area contributed by atoms with Crippen molar-refractivity contribution in [3.05, 3.63) is 0 Å². The van der Waals surface area contributed by atoms with Crippen LogP contribution < -0.4 is 0 Å². The van der Waals surface area contributed by atoms with Gasteiger partial charge >= 0.3 is 5.97 Å². The Morgan fingerprint density at radius 3 is 2.18 bits per heavy atom. The maximum absolute atomic E-state index is 10.4. The maximum atomic E-state index is 10.4. The van der Waals surface area contributed by atoms with Gasteiger partial charge in [0.15, 0.2) is 0 Å².